The number of rotatable bonds is 27. The van der Waals surface area contributed by atoms with Gasteiger partial charge in [0.2, 0.25) is 0 Å². The summed E-state index contributed by atoms with van der Waals surface area (Å²) in [5.41, 5.74) is 0. The number of carbonyl (C=O) groups excluding carboxylic acids is 1. The Labute approximate surface area is 238 Å². The third-order valence-corrected chi connectivity index (χ3v) is 8.08. The van der Waals surface area contributed by atoms with E-state index in [2.05, 4.69) is 19.1 Å². The second-order valence-corrected chi connectivity index (χ2v) is 11.2. The Balaban J connectivity index is 5.30. The average molecular weight is 554 g/mol. The number of hydrogen-bond donors (Lipinski definition) is 2. The van der Waals surface area contributed by atoms with E-state index in [1.54, 1.807) is 0 Å². The van der Waals surface area contributed by atoms with Crippen molar-refractivity contribution in [1.82, 2.24) is 0 Å². The fraction of sp³-hybridized carbons (Fsp3) is 0.844. The van der Waals surface area contributed by atoms with Gasteiger partial charge < -0.3 is 20.1 Å². The van der Waals surface area contributed by atoms with Crippen molar-refractivity contribution in [2.45, 2.75) is 168 Å². The maximum Gasteiger partial charge on any atom is 0.362 e. The molecule has 0 aromatic rings. The largest absolute Gasteiger partial charge is 0.544 e. The van der Waals surface area contributed by atoms with E-state index in [4.69, 9.17) is 0 Å². The van der Waals surface area contributed by atoms with Gasteiger partial charge in [-0.15, -0.1) is 0 Å². The molecule has 0 heterocycles. The van der Waals surface area contributed by atoms with Gasteiger partial charge in [-0.2, -0.15) is 0 Å². The van der Waals surface area contributed by atoms with Gasteiger partial charge in [-0.3, -0.25) is 4.48 Å². The van der Waals surface area contributed by atoms with E-state index in [1.165, 1.54) is 57.8 Å². The third-order valence-electron chi connectivity index (χ3n) is 8.08. The van der Waals surface area contributed by atoms with Gasteiger partial charge in [-0.05, 0) is 44.9 Å². The van der Waals surface area contributed by atoms with Crippen LogP contribution in [0.1, 0.15) is 150 Å². The minimum Gasteiger partial charge on any atom is -0.544 e. The highest BCUT2D eigenvalue weighted by Gasteiger charge is 2.54. The third kappa shape index (κ3) is 13.8. The van der Waals surface area contributed by atoms with Crippen LogP contribution in [0.15, 0.2) is 12.2 Å². The van der Waals surface area contributed by atoms with Crippen LogP contribution in [0.3, 0.4) is 0 Å². The van der Waals surface area contributed by atoms with Crippen molar-refractivity contribution in [2.75, 3.05) is 6.54 Å². The molecule has 0 bridgehead atoms. The van der Waals surface area contributed by atoms with Gasteiger partial charge in [0.15, 0.2) is 12.1 Å². The highest BCUT2D eigenvalue weighted by Crippen LogP contribution is 2.34. The van der Waals surface area contributed by atoms with Gasteiger partial charge in [0.1, 0.15) is 6.04 Å². The summed E-state index contributed by atoms with van der Waals surface area (Å²) in [5, 5.41) is 32.9. The number of unbranched alkanes of at least 4 members (excludes halogenated alkanes) is 11. The normalized spacial score (nSPS) is 15.6. The smallest absolute Gasteiger partial charge is 0.362 e. The standard InChI is InChI=1S/C32H59NO6/c1-5-9-10-11-12-13-14-15-16-17-18-19-20-21-22-26-33(27(23-6-2)30(34)35,28(24-7-3)31(36)37)29(25-8-4)32(38)39/h18-19,27-29H,5-17,20-26H2,1-4H3,(H2-,34,35,36,37,38,39)/b19-18+. The highest BCUT2D eigenvalue weighted by atomic mass is 16.4. The Morgan fingerprint density at radius 2 is 0.974 bits per heavy atom. The zero-order valence-electron chi connectivity index (χ0n) is 25.5. The molecule has 7 nitrogen and oxygen atoms in total. The van der Waals surface area contributed by atoms with Gasteiger partial charge in [0.05, 0.1) is 12.5 Å². The molecular weight excluding hydrogens is 494 g/mol. The van der Waals surface area contributed by atoms with Crippen LogP contribution in [-0.2, 0) is 14.4 Å². The van der Waals surface area contributed by atoms with E-state index in [1.807, 2.05) is 20.8 Å². The Bertz CT molecular complexity index is 632. The molecule has 0 aliphatic heterocycles. The van der Waals surface area contributed by atoms with Gasteiger partial charge in [0, 0.05) is 19.3 Å². The minimum atomic E-state index is -1.34. The first-order valence-corrected chi connectivity index (χ1v) is 15.9. The zero-order valence-corrected chi connectivity index (χ0v) is 25.5. The van der Waals surface area contributed by atoms with E-state index in [-0.39, 0.29) is 25.8 Å². The lowest BCUT2D eigenvalue weighted by atomic mass is 9.91. The first-order valence-electron chi connectivity index (χ1n) is 15.9. The van der Waals surface area contributed by atoms with Gasteiger partial charge in [-0.25, -0.2) is 9.59 Å². The van der Waals surface area contributed by atoms with E-state index >= 15 is 0 Å². The number of hydrogen-bond acceptors (Lipinski definition) is 4. The first-order chi connectivity index (χ1) is 18.7. The second-order valence-electron chi connectivity index (χ2n) is 11.2. The van der Waals surface area contributed by atoms with Crippen LogP contribution in [0.5, 0.6) is 0 Å². The number of allylic oxidation sites excluding steroid dienone is 2. The first kappa shape index (κ1) is 37.1. The van der Waals surface area contributed by atoms with Crippen molar-refractivity contribution in [3.05, 3.63) is 12.2 Å². The van der Waals surface area contributed by atoms with Crippen molar-refractivity contribution >= 4 is 17.9 Å². The fourth-order valence-corrected chi connectivity index (χ4v) is 6.09. The molecule has 0 aromatic heterocycles. The molecule has 0 aliphatic carbocycles. The maximum atomic E-state index is 12.5. The van der Waals surface area contributed by atoms with E-state index in [0.717, 1.165) is 19.3 Å². The SMILES string of the molecule is CCCCCCCCCCC/C=C/CCCC[N+](C(CCC)C(=O)[O-])(C(CCC)C(=O)O)C(CCC)C(=O)O. The van der Waals surface area contributed by atoms with Crippen molar-refractivity contribution in [3.63, 3.8) is 0 Å². The van der Waals surface area contributed by atoms with Crippen LogP contribution in [0, 0.1) is 0 Å². The Morgan fingerprint density at radius 3 is 1.36 bits per heavy atom. The van der Waals surface area contributed by atoms with Crippen molar-refractivity contribution in [2.24, 2.45) is 0 Å². The lowest BCUT2D eigenvalue weighted by molar-refractivity contribution is -0.975. The second kappa shape index (κ2) is 22.9. The average Bonchev–Trinajstić information content (AvgIpc) is 2.89. The fourth-order valence-electron chi connectivity index (χ4n) is 6.09. The summed E-state index contributed by atoms with van der Waals surface area (Å²) in [6.07, 6.45) is 21.5. The van der Waals surface area contributed by atoms with Gasteiger partial charge in [-0.1, -0.05) is 97.6 Å². The summed E-state index contributed by atoms with van der Waals surface area (Å²) in [6.45, 7) is 8.00. The molecule has 39 heavy (non-hydrogen) atoms. The maximum absolute atomic E-state index is 12.5. The number of aliphatic carboxylic acids is 3. The van der Waals surface area contributed by atoms with Gasteiger partial charge in [0.25, 0.3) is 0 Å². The van der Waals surface area contributed by atoms with Crippen LogP contribution in [0.2, 0.25) is 0 Å². The van der Waals surface area contributed by atoms with Crippen molar-refractivity contribution < 1.29 is 34.2 Å². The molecule has 228 valence electrons. The topological polar surface area (TPSA) is 115 Å². The molecule has 3 atom stereocenters. The summed E-state index contributed by atoms with van der Waals surface area (Å²) in [5.74, 6) is -3.59. The van der Waals surface area contributed by atoms with Crippen LogP contribution in [0.4, 0.5) is 0 Å². The molecule has 0 amide bonds. The Morgan fingerprint density at radius 1 is 0.590 bits per heavy atom. The van der Waals surface area contributed by atoms with Gasteiger partial charge >= 0.3 is 11.9 Å². The summed E-state index contributed by atoms with van der Waals surface area (Å²) < 4.78 is -0.454. The molecule has 0 aromatic carbocycles. The summed E-state index contributed by atoms with van der Waals surface area (Å²) in [6, 6.07) is -3.36. The molecule has 3 unspecified atom stereocenters. The molecule has 7 heteroatoms. The summed E-state index contributed by atoms with van der Waals surface area (Å²) in [4.78, 5) is 37.5. The Kier molecular flexibility index (Phi) is 21.8. The number of carboxylic acid groups (broad SMARTS) is 3. The molecular formula is C32H59NO6. The lowest BCUT2D eigenvalue weighted by Crippen LogP contribution is -2.74. The predicted octanol–water partition coefficient (Wildman–Crippen LogP) is 6.88. The minimum absolute atomic E-state index is 0.196. The van der Waals surface area contributed by atoms with Crippen LogP contribution in [0.25, 0.3) is 0 Å². The van der Waals surface area contributed by atoms with Crippen LogP contribution < -0.4 is 5.11 Å². The highest BCUT2D eigenvalue weighted by molar-refractivity contribution is 5.77. The van der Waals surface area contributed by atoms with Crippen LogP contribution in [-0.4, -0.2) is 57.3 Å². The molecule has 0 radical (unpaired) electrons. The Hall–Kier alpha value is -1.89. The molecule has 0 fully saturated rings. The van der Waals surface area contributed by atoms with Crippen molar-refractivity contribution in [1.29, 1.82) is 0 Å². The molecule has 2 N–H and O–H groups in total. The molecule has 0 aliphatic rings. The van der Waals surface area contributed by atoms with E-state index in [9.17, 15) is 29.7 Å². The lowest BCUT2D eigenvalue weighted by Gasteiger charge is -2.52. The molecule has 0 spiro atoms. The van der Waals surface area contributed by atoms with E-state index < -0.39 is 40.5 Å². The predicted molar refractivity (Wildman–Crippen MR) is 156 cm³/mol. The number of quaternary nitrogens is 1. The summed E-state index contributed by atoms with van der Waals surface area (Å²) in [7, 11) is 0. The molecule has 0 saturated carbocycles. The summed E-state index contributed by atoms with van der Waals surface area (Å²) >= 11 is 0. The van der Waals surface area contributed by atoms with Crippen molar-refractivity contribution in [3.8, 4) is 0 Å². The number of nitrogens with zero attached hydrogens (tertiary/aromatic N) is 1. The number of carbonyl (C=O) groups is 3. The monoisotopic (exact) mass is 553 g/mol. The van der Waals surface area contributed by atoms with E-state index in [0.29, 0.717) is 25.7 Å². The quantitative estimate of drug-likeness (QED) is 0.0651. The zero-order chi connectivity index (χ0) is 29.5. The molecule has 0 rings (SSSR count). The number of carboxylic acids is 3. The molecule has 0 saturated heterocycles. The van der Waals surface area contributed by atoms with Crippen LogP contribution >= 0.6 is 0 Å².